The Bertz CT molecular complexity index is 335. The Balaban J connectivity index is 1.68. The number of rotatable bonds is 4. The van der Waals surface area contributed by atoms with E-state index in [0.29, 0.717) is 6.04 Å². The number of piperidine rings is 1. The average Bonchev–Trinajstić information content (AvgIpc) is 3.23. The molecule has 0 amide bonds. The molecule has 20 heavy (non-hydrogen) atoms. The molecular weight excluding hydrogens is 248 g/mol. The normalized spacial score (nSPS) is 38.0. The quantitative estimate of drug-likeness (QED) is 0.832. The fraction of sp³-hybridized carbons (Fsp3) is 1.00. The summed E-state index contributed by atoms with van der Waals surface area (Å²) in [6, 6.07) is 2.30. The maximum atomic E-state index is 6.27. The summed E-state index contributed by atoms with van der Waals surface area (Å²) in [6.07, 6.45) is 6.66. The minimum absolute atomic E-state index is 0.225. The molecule has 0 aromatic rings. The number of nitrogens with zero attached hydrogens (tertiary/aromatic N) is 3. The molecule has 3 fully saturated rings. The summed E-state index contributed by atoms with van der Waals surface area (Å²) < 4.78 is 0. The summed E-state index contributed by atoms with van der Waals surface area (Å²) >= 11 is 0. The van der Waals surface area contributed by atoms with Gasteiger partial charge < -0.3 is 10.6 Å². The van der Waals surface area contributed by atoms with Crippen molar-refractivity contribution < 1.29 is 0 Å². The van der Waals surface area contributed by atoms with Crippen molar-refractivity contribution in [2.24, 2.45) is 5.73 Å². The Morgan fingerprint density at radius 2 is 1.85 bits per heavy atom. The molecule has 116 valence electrons. The predicted molar refractivity (Wildman–Crippen MR) is 83.9 cm³/mol. The van der Waals surface area contributed by atoms with Crippen molar-refractivity contribution in [3.05, 3.63) is 0 Å². The molecule has 0 aromatic carbocycles. The van der Waals surface area contributed by atoms with E-state index >= 15 is 0 Å². The van der Waals surface area contributed by atoms with Crippen molar-refractivity contribution in [1.82, 2.24) is 14.7 Å². The van der Waals surface area contributed by atoms with Gasteiger partial charge in [0.15, 0.2) is 0 Å². The second-order valence-corrected chi connectivity index (χ2v) is 7.53. The highest BCUT2D eigenvalue weighted by Gasteiger charge is 2.49. The molecule has 2 N–H and O–H groups in total. The van der Waals surface area contributed by atoms with Gasteiger partial charge in [0, 0.05) is 36.8 Å². The molecule has 2 unspecified atom stereocenters. The molecule has 2 atom stereocenters. The van der Waals surface area contributed by atoms with Crippen molar-refractivity contribution in [1.29, 1.82) is 0 Å². The molecular formula is C16H32N4. The lowest BCUT2D eigenvalue weighted by Crippen LogP contribution is -2.59. The van der Waals surface area contributed by atoms with Gasteiger partial charge >= 0.3 is 0 Å². The van der Waals surface area contributed by atoms with Gasteiger partial charge in [0.1, 0.15) is 0 Å². The van der Waals surface area contributed by atoms with Crippen LogP contribution in [0.1, 0.15) is 39.0 Å². The lowest BCUT2D eigenvalue weighted by atomic mass is 9.90. The smallest absolute Gasteiger partial charge is 0.0473 e. The fourth-order valence-corrected chi connectivity index (χ4v) is 4.44. The minimum atomic E-state index is 0.225. The Hall–Kier alpha value is -0.160. The van der Waals surface area contributed by atoms with Crippen LogP contribution in [0.4, 0.5) is 0 Å². The zero-order chi connectivity index (χ0) is 14.3. The van der Waals surface area contributed by atoms with Gasteiger partial charge in [-0.3, -0.25) is 9.80 Å². The highest BCUT2D eigenvalue weighted by Crippen LogP contribution is 2.40. The molecule has 2 heterocycles. The summed E-state index contributed by atoms with van der Waals surface area (Å²) in [4.78, 5) is 7.85. The molecule has 1 aliphatic carbocycles. The Morgan fingerprint density at radius 1 is 1.20 bits per heavy atom. The van der Waals surface area contributed by atoms with Crippen LogP contribution in [0, 0.1) is 0 Å². The van der Waals surface area contributed by atoms with E-state index in [2.05, 4.69) is 35.7 Å². The minimum Gasteiger partial charge on any atom is -0.329 e. The zero-order valence-corrected chi connectivity index (χ0v) is 13.5. The van der Waals surface area contributed by atoms with Gasteiger partial charge in [0.2, 0.25) is 0 Å². The van der Waals surface area contributed by atoms with Gasteiger partial charge in [-0.2, -0.15) is 0 Å². The number of hydrogen-bond donors (Lipinski definition) is 1. The first-order valence-electron chi connectivity index (χ1n) is 8.43. The molecule has 2 saturated heterocycles. The summed E-state index contributed by atoms with van der Waals surface area (Å²) in [7, 11) is 4.58. The van der Waals surface area contributed by atoms with E-state index in [9.17, 15) is 0 Å². The second-order valence-electron chi connectivity index (χ2n) is 7.53. The van der Waals surface area contributed by atoms with Gasteiger partial charge in [-0.15, -0.1) is 0 Å². The number of nitrogens with two attached hydrogens (primary N) is 1. The summed E-state index contributed by atoms with van der Waals surface area (Å²) in [5.41, 5.74) is 6.49. The van der Waals surface area contributed by atoms with Gasteiger partial charge in [-0.1, -0.05) is 0 Å². The summed E-state index contributed by atoms with van der Waals surface area (Å²) in [5, 5.41) is 0. The van der Waals surface area contributed by atoms with Crippen molar-refractivity contribution in [2.45, 2.75) is 62.7 Å². The van der Waals surface area contributed by atoms with Crippen LogP contribution in [0.25, 0.3) is 0 Å². The number of likely N-dealkylation sites (tertiary alicyclic amines) is 2. The fourth-order valence-electron chi connectivity index (χ4n) is 4.44. The monoisotopic (exact) mass is 280 g/mol. The Labute approximate surface area is 124 Å². The predicted octanol–water partition coefficient (Wildman–Crippen LogP) is 0.967. The molecule has 3 aliphatic rings. The first kappa shape index (κ1) is 14.8. The highest BCUT2D eigenvalue weighted by atomic mass is 15.3. The third-order valence-electron chi connectivity index (χ3n) is 6.10. The van der Waals surface area contributed by atoms with Crippen LogP contribution in [-0.4, -0.2) is 78.6 Å². The molecule has 4 heteroatoms. The molecule has 1 saturated carbocycles. The van der Waals surface area contributed by atoms with Crippen molar-refractivity contribution >= 4 is 0 Å². The lowest BCUT2D eigenvalue weighted by molar-refractivity contribution is 0.0475. The molecule has 0 aromatic heterocycles. The van der Waals surface area contributed by atoms with Crippen LogP contribution in [0.5, 0.6) is 0 Å². The molecule has 0 radical (unpaired) electrons. The molecule has 0 bridgehead atoms. The topological polar surface area (TPSA) is 35.7 Å². The second kappa shape index (κ2) is 5.56. The van der Waals surface area contributed by atoms with Crippen molar-refractivity contribution in [2.75, 3.05) is 40.3 Å². The third-order valence-corrected chi connectivity index (χ3v) is 6.10. The van der Waals surface area contributed by atoms with Crippen LogP contribution in [0.2, 0.25) is 0 Å². The first-order chi connectivity index (χ1) is 9.55. The van der Waals surface area contributed by atoms with Crippen molar-refractivity contribution in [3.63, 3.8) is 0 Å². The lowest BCUT2D eigenvalue weighted by Gasteiger charge is -2.45. The van der Waals surface area contributed by atoms with Gasteiger partial charge in [-0.25, -0.2) is 0 Å². The van der Waals surface area contributed by atoms with Crippen molar-refractivity contribution in [3.8, 4) is 0 Å². The van der Waals surface area contributed by atoms with Gasteiger partial charge in [0.05, 0.1) is 0 Å². The summed E-state index contributed by atoms with van der Waals surface area (Å²) in [6.45, 7) is 6.87. The van der Waals surface area contributed by atoms with Crippen LogP contribution >= 0.6 is 0 Å². The van der Waals surface area contributed by atoms with Gasteiger partial charge in [0.25, 0.3) is 0 Å². The summed E-state index contributed by atoms with van der Waals surface area (Å²) in [5.74, 6) is 0. The van der Waals surface area contributed by atoms with Crippen LogP contribution < -0.4 is 5.73 Å². The van der Waals surface area contributed by atoms with Gasteiger partial charge in [-0.05, 0) is 66.2 Å². The molecule has 0 spiro atoms. The standard InChI is InChI=1S/C16H32N4/c1-13-10-16(11-17,12-20(13)15-4-5-15)19(3)14-6-8-18(2)9-7-14/h13-15H,4-12,17H2,1-3H3. The number of likely N-dealkylation sites (N-methyl/N-ethyl adjacent to an activating group) is 1. The van der Waals surface area contributed by atoms with E-state index in [0.717, 1.165) is 18.6 Å². The van der Waals surface area contributed by atoms with E-state index in [4.69, 9.17) is 5.73 Å². The maximum absolute atomic E-state index is 6.27. The van der Waals surface area contributed by atoms with Crippen LogP contribution in [0.3, 0.4) is 0 Å². The maximum Gasteiger partial charge on any atom is 0.0473 e. The number of hydrogen-bond acceptors (Lipinski definition) is 4. The van der Waals surface area contributed by atoms with E-state index in [-0.39, 0.29) is 5.54 Å². The van der Waals surface area contributed by atoms with E-state index in [1.807, 2.05) is 0 Å². The third kappa shape index (κ3) is 2.63. The average molecular weight is 280 g/mol. The van der Waals surface area contributed by atoms with E-state index < -0.39 is 0 Å². The molecule has 3 rings (SSSR count). The zero-order valence-electron chi connectivity index (χ0n) is 13.5. The van der Waals surface area contributed by atoms with E-state index in [1.54, 1.807) is 0 Å². The Morgan fingerprint density at radius 3 is 2.40 bits per heavy atom. The SMILES string of the molecule is CC1CC(CN)(N(C)C2CCN(C)CC2)CN1C1CC1. The first-order valence-corrected chi connectivity index (χ1v) is 8.43. The largest absolute Gasteiger partial charge is 0.329 e. The Kier molecular flexibility index (Phi) is 4.10. The van der Waals surface area contributed by atoms with Crippen LogP contribution in [0.15, 0.2) is 0 Å². The molecule has 4 nitrogen and oxygen atoms in total. The highest BCUT2D eigenvalue weighted by molar-refractivity contribution is 5.07. The van der Waals surface area contributed by atoms with Crippen LogP contribution in [-0.2, 0) is 0 Å². The molecule has 2 aliphatic heterocycles. The van der Waals surface area contributed by atoms with E-state index in [1.165, 1.54) is 51.7 Å².